The lowest BCUT2D eigenvalue weighted by Gasteiger charge is -2.37. The Hall–Kier alpha value is -0.610. The fourth-order valence-corrected chi connectivity index (χ4v) is 4.38. The highest BCUT2D eigenvalue weighted by Gasteiger charge is 2.49. The number of hydrogen-bond acceptors (Lipinski definition) is 3. The summed E-state index contributed by atoms with van der Waals surface area (Å²) in [5.41, 5.74) is -0.0832. The molecular weight excluding hydrogens is 250 g/mol. The third-order valence-corrected chi connectivity index (χ3v) is 5.65. The van der Waals surface area contributed by atoms with Crippen LogP contribution in [0.15, 0.2) is 0 Å². The van der Waals surface area contributed by atoms with Crippen molar-refractivity contribution in [2.45, 2.75) is 44.9 Å². The third kappa shape index (κ3) is 2.86. The molecule has 2 atom stereocenters. The molecule has 0 unspecified atom stereocenters. The van der Waals surface area contributed by atoms with Crippen LogP contribution in [0.2, 0.25) is 0 Å². The maximum Gasteiger partial charge on any atom is 0.227 e. The zero-order valence-electron chi connectivity index (χ0n) is 12.6. The van der Waals surface area contributed by atoms with Gasteiger partial charge >= 0.3 is 0 Å². The van der Waals surface area contributed by atoms with Gasteiger partial charge in [-0.05, 0) is 51.2 Å². The maximum absolute atomic E-state index is 12.7. The Balaban J connectivity index is 1.48. The number of carbonyl (C=O) groups excluding carboxylic acids is 1. The van der Waals surface area contributed by atoms with E-state index >= 15 is 0 Å². The Morgan fingerprint density at radius 2 is 2.05 bits per heavy atom. The Bertz CT molecular complexity index is 341. The molecule has 3 fully saturated rings. The van der Waals surface area contributed by atoms with E-state index in [9.17, 15) is 4.79 Å². The van der Waals surface area contributed by atoms with Gasteiger partial charge in [-0.1, -0.05) is 19.3 Å². The van der Waals surface area contributed by atoms with Crippen molar-refractivity contribution in [2.75, 3.05) is 39.3 Å². The van der Waals surface area contributed by atoms with Crippen molar-refractivity contribution in [3.8, 4) is 0 Å². The molecule has 0 aromatic carbocycles. The van der Waals surface area contributed by atoms with Gasteiger partial charge in [-0.3, -0.25) is 4.79 Å². The Morgan fingerprint density at radius 1 is 1.20 bits per heavy atom. The number of likely N-dealkylation sites (tertiary alicyclic amines) is 1. The normalized spacial score (nSPS) is 34.7. The van der Waals surface area contributed by atoms with Gasteiger partial charge in [-0.2, -0.15) is 0 Å². The summed E-state index contributed by atoms with van der Waals surface area (Å²) < 4.78 is 0. The summed E-state index contributed by atoms with van der Waals surface area (Å²) in [6.45, 7) is 6.22. The number of rotatable bonds is 4. The van der Waals surface area contributed by atoms with E-state index in [0.29, 0.717) is 11.8 Å². The predicted octanol–water partition coefficient (Wildman–Crippen LogP) is 1.37. The van der Waals surface area contributed by atoms with Crippen LogP contribution < -0.4 is 10.6 Å². The molecule has 1 amide bonds. The van der Waals surface area contributed by atoms with Gasteiger partial charge in [-0.15, -0.1) is 0 Å². The molecule has 1 aliphatic carbocycles. The molecule has 3 rings (SSSR count). The number of hydrogen-bond donors (Lipinski definition) is 2. The highest BCUT2D eigenvalue weighted by atomic mass is 16.2. The number of nitrogens with one attached hydrogen (secondary N) is 2. The maximum atomic E-state index is 12.7. The van der Waals surface area contributed by atoms with Crippen LogP contribution in [-0.4, -0.2) is 50.1 Å². The second-order valence-electron chi connectivity index (χ2n) is 6.89. The van der Waals surface area contributed by atoms with Crippen molar-refractivity contribution >= 4 is 5.91 Å². The molecule has 2 heterocycles. The summed E-state index contributed by atoms with van der Waals surface area (Å²) in [6, 6.07) is 0. The van der Waals surface area contributed by atoms with E-state index in [2.05, 4.69) is 15.5 Å². The first-order chi connectivity index (χ1) is 9.81. The van der Waals surface area contributed by atoms with Crippen LogP contribution in [0.4, 0.5) is 0 Å². The zero-order valence-corrected chi connectivity index (χ0v) is 12.6. The second-order valence-corrected chi connectivity index (χ2v) is 6.89. The van der Waals surface area contributed by atoms with Crippen LogP contribution in [0.25, 0.3) is 0 Å². The zero-order chi connectivity index (χ0) is 13.8. The van der Waals surface area contributed by atoms with Crippen LogP contribution >= 0.6 is 0 Å². The van der Waals surface area contributed by atoms with Gasteiger partial charge in [0.15, 0.2) is 0 Å². The molecule has 114 valence electrons. The fraction of sp³-hybridized carbons (Fsp3) is 0.938. The van der Waals surface area contributed by atoms with Crippen molar-refractivity contribution in [1.82, 2.24) is 15.5 Å². The van der Waals surface area contributed by atoms with E-state index in [1.807, 2.05) is 0 Å². The Kier molecular flexibility index (Phi) is 4.61. The number of fused-ring (bicyclic) bond motifs is 1. The lowest BCUT2D eigenvalue weighted by atomic mass is 9.67. The highest BCUT2D eigenvalue weighted by molar-refractivity contribution is 5.83. The van der Waals surface area contributed by atoms with Crippen LogP contribution in [0, 0.1) is 11.3 Å². The van der Waals surface area contributed by atoms with Gasteiger partial charge in [-0.25, -0.2) is 0 Å². The molecule has 20 heavy (non-hydrogen) atoms. The van der Waals surface area contributed by atoms with Gasteiger partial charge in [0.1, 0.15) is 0 Å². The summed E-state index contributed by atoms with van der Waals surface area (Å²) in [5.74, 6) is 0.899. The summed E-state index contributed by atoms with van der Waals surface area (Å²) in [6.07, 6.45) is 8.85. The topological polar surface area (TPSA) is 44.4 Å². The van der Waals surface area contributed by atoms with Crippen molar-refractivity contribution in [2.24, 2.45) is 11.3 Å². The van der Waals surface area contributed by atoms with E-state index in [1.165, 1.54) is 51.6 Å². The first kappa shape index (κ1) is 14.3. The second kappa shape index (κ2) is 6.44. The summed E-state index contributed by atoms with van der Waals surface area (Å²) >= 11 is 0. The summed E-state index contributed by atoms with van der Waals surface area (Å²) in [7, 11) is 0. The van der Waals surface area contributed by atoms with Crippen LogP contribution in [0.5, 0.6) is 0 Å². The van der Waals surface area contributed by atoms with Gasteiger partial charge in [0.2, 0.25) is 5.91 Å². The third-order valence-electron chi connectivity index (χ3n) is 5.65. The smallest absolute Gasteiger partial charge is 0.227 e. The lowest BCUT2D eigenvalue weighted by molar-refractivity contribution is -0.134. The molecule has 0 radical (unpaired) electrons. The van der Waals surface area contributed by atoms with E-state index in [0.717, 1.165) is 32.6 Å². The monoisotopic (exact) mass is 279 g/mol. The SMILES string of the molecule is O=C(NCCN1CCCCC1)[C@@]12CCCC[C@H]1CNC2. The number of piperidine rings is 1. The molecule has 4 heteroatoms. The van der Waals surface area contributed by atoms with Crippen molar-refractivity contribution < 1.29 is 4.79 Å². The summed E-state index contributed by atoms with van der Waals surface area (Å²) in [4.78, 5) is 15.2. The number of amides is 1. The molecule has 4 nitrogen and oxygen atoms in total. The molecule has 2 N–H and O–H groups in total. The average Bonchev–Trinajstić information content (AvgIpc) is 2.93. The minimum atomic E-state index is -0.0832. The van der Waals surface area contributed by atoms with Crippen molar-refractivity contribution in [3.63, 3.8) is 0 Å². The average molecular weight is 279 g/mol. The minimum Gasteiger partial charge on any atom is -0.354 e. The lowest BCUT2D eigenvalue weighted by Crippen LogP contribution is -2.49. The molecule has 0 aromatic rings. The van der Waals surface area contributed by atoms with Crippen LogP contribution in [-0.2, 0) is 4.79 Å². The van der Waals surface area contributed by atoms with E-state index in [1.54, 1.807) is 0 Å². The van der Waals surface area contributed by atoms with Crippen molar-refractivity contribution in [3.05, 3.63) is 0 Å². The largest absolute Gasteiger partial charge is 0.354 e. The van der Waals surface area contributed by atoms with Gasteiger partial charge < -0.3 is 15.5 Å². The van der Waals surface area contributed by atoms with Gasteiger partial charge in [0.25, 0.3) is 0 Å². The first-order valence-corrected chi connectivity index (χ1v) is 8.53. The standard InChI is InChI=1S/C16H29N3O/c20-15(18-8-11-19-9-4-1-5-10-19)16-7-3-2-6-14(16)12-17-13-16/h14,17H,1-13H2,(H,18,20)/t14-,16+/m0/s1. The van der Waals surface area contributed by atoms with Crippen LogP contribution in [0.3, 0.4) is 0 Å². The minimum absolute atomic E-state index is 0.0832. The number of nitrogens with zero attached hydrogens (tertiary/aromatic N) is 1. The Morgan fingerprint density at radius 3 is 2.90 bits per heavy atom. The molecular formula is C16H29N3O. The first-order valence-electron chi connectivity index (χ1n) is 8.53. The molecule has 0 bridgehead atoms. The van der Waals surface area contributed by atoms with Crippen molar-refractivity contribution in [1.29, 1.82) is 0 Å². The molecule has 2 aliphatic heterocycles. The fourth-order valence-electron chi connectivity index (χ4n) is 4.38. The summed E-state index contributed by atoms with van der Waals surface area (Å²) in [5, 5.41) is 6.70. The molecule has 1 saturated carbocycles. The van der Waals surface area contributed by atoms with Gasteiger partial charge in [0, 0.05) is 19.6 Å². The van der Waals surface area contributed by atoms with E-state index in [-0.39, 0.29) is 5.41 Å². The van der Waals surface area contributed by atoms with Crippen LogP contribution in [0.1, 0.15) is 44.9 Å². The predicted molar refractivity (Wildman–Crippen MR) is 80.6 cm³/mol. The van der Waals surface area contributed by atoms with Gasteiger partial charge in [0.05, 0.1) is 5.41 Å². The molecule has 0 spiro atoms. The quantitative estimate of drug-likeness (QED) is 0.817. The van der Waals surface area contributed by atoms with E-state index < -0.39 is 0 Å². The molecule has 0 aromatic heterocycles. The Labute approximate surface area is 122 Å². The number of carbonyl (C=O) groups is 1. The van der Waals surface area contributed by atoms with E-state index in [4.69, 9.17) is 0 Å². The molecule has 2 saturated heterocycles. The highest BCUT2D eigenvalue weighted by Crippen LogP contribution is 2.43. The molecule has 3 aliphatic rings.